The molecule has 2 saturated heterocycles. The molecule has 26 heavy (non-hydrogen) atoms. The van der Waals surface area contributed by atoms with E-state index in [9.17, 15) is 4.79 Å². The van der Waals surface area contributed by atoms with Gasteiger partial charge in [-0.15, -0.1) is 0 Å². The molecule has 2 aliphatic heterocycles. The maximum atomic E-state index is 12.7. The van der Waals surface area contributed by atoms with E-state index < -0.39 is 0 Å². The van der Waals surface area contributed by atoms with Crippen molar-refractivity contribution < 1.29 is 9.53 Å². The van der Waals surface area contributed by atoms with E-state index in [0.29, 0.717) is 10.8 Å². The van der Waals surface area contributed by atoms with E-state index in [4.69, 9.17) is 17.0 Å². The molecule has 2 aliphatic rings. The molecular weight excluding hydrogens is 346 g/mol. The minimum Gasteiger partial charge on any atom is -0.378 e. The first-order valence-corrected chi connectivity index (χ1v) is 8.98. The van der Waals surface area contributed by atoms with Crippen LogP contribution in [0.3, 0.4) is 0 Å². The van der Waals surface area contributed by atoms with Crippen LogP contribution in [0.15, 0.2) is 60.3 Å². The average molecular weight is 365 g/mol. The molecule has 4 rings (SSSR count). The number of nitrogens with zero attached hydrogens (tertiary/aromatic N) is 2. The second-order valence-electron chi connectivity index (χ2n) is 6.16. The number of para-hydroxylation sites is 1. The van der Waals surface area contributed by atoms with Crippen molar-refractivity contribution in [1.82, 2.24) is 5.32 Å². The van der Waals surface area contributed by atoms with Gasteiger partial charge >= 0.3 is 0 Å². The SMILES string of the molecule is O=C1/C(=C\c2ccc(N3CCOCC3)cc2)NC(=S)N1c1ccccc1. The summed E-state index contributed by atoms with van der Waals surface area (Å²) >= 11 is 5.33. The Morgan fingerprint density at radius 1 is 0.962 bits per heavy atom. The Labute approximate surface area is 157 Å². The molecule has 0 radical (unpaired) electrons. The lowest BCUT2D eigenvalue weighted by molar-refractivity contribution is -0.113. The van der Waals surface area contributed by atoms with E-state index in [2.05, 4.69) is 22.3 Å². The van der Waals surface area contributed by atoms with Crippen LogP contribution < -0.4 is 15.1 Å². The first-order valence-electron chi connectivity index (χ1n) is 8.57. The minimum atomic E-state index is -0.140. The van der Waals surface area contributed by atoms with E-state index >= 15 is 0 Å². The van der Waals surface area contributed by atoms with Crippen molar-refractivity contribution in [1.29, 1.82) is 0 Å². The first kappa shape index (κ1) is 16.8. The van der Waals surface area contributed by atoms with Crippen molar-refractivity contribution in [2.24, 2.45) is 0 Å². The van der Waals surface area contributed by atoms with Gasteiger partial charge in [0.1, 0.15) is 5.70 Å². The Morgan fingerprint density at radius 2 is 1.65 bits per heavy atom. The van der Waals surface area contributed by atoms with Crippen LogP contribution in [0.5, 0.6) is 0 Å². The predicted molar refractivity (Wildman–Crippen MR) is 107 cm³/mol. The van der Waals surface area contributed by atoms with Gasteiger partial charge in [-0.3, -0.25) is 9.69 Å². The Balaban J connectivity index is 1.53. The van der Waals surface area contributed by atoms with Crippen molar-refractivity contribution in [3.05, 3.63) is 65.9 Å². The second-order valence-corrected chi connectivity index (χ2v) is 6.54. The van der Waals surface area contributed by atoms with Crippen LogP contribution >= 0.6 is 12.2 Å². The Hall–Kier alpha value is -2.70. The average Bonchev–Trinajstić information content (AvgIpc) is 2.97. The van der Waals surface area contributed by atoms with Gasteiger partial charge in [0.05, 0.1) is 18.9 Å². The zero-order chi connectivity index (χ0) is 17.9. The van der Waals surface area contributed by atoms with Gasteiger partial charge in [-0.25, -0.2) is 0 Å². The monoisotopic (exact) mass is 365 g/mol. The first-order chi connectivity index (χ1) is 12.7. The van der Waals surface area contributed by atoms with Crippen molar-refractivity contribution in [3.8, 4) is 0 Å². The van der Waals surface area contributed by atoms with Crippen LogP contribution in [0, 0.1) is 0 Å². The summed E-state index contributed by atoms with van der Waals surface area (Å²) in [5.74, 6) is -0.140. The highest BCUT2D eigenvalue weighted by Crippen LogP contribution is 2.23. The number of rotatable bonds is 3. The number of nitrogens with one attached hydrogen (secondary N) is 1. The predicted octanol–water partition coefficient (Wildman–Crippen LogP) is 2.79. The topological polar surface area (TPSA) is 44.8 Å². The van der Waals surface area contributed by atoms with Crippen LogP contribution in [-0.2, 0) is 9.53 Å². The highest BCUT2D eigenvalue weighted by atomic mass is 32.1. The third-order valence-corrected chi connectivity index (χ3v) is 4.76. The van der Waals surface area contributed by atoms with Gasteiger partial charge in [0.2, 0.25) is 0 Å². The normalized spacial score (nSPS) is 19.2. The number of benzene rings is 2. The molecule has 5 nitrogen and oxygen atoms in total. The summed E-state index contributed by atoms with van der Waals surface area (Å²) in [4.78, 5) is 16.5. The Kier molecular flexibility index (Phi) is 4.69. The standard InChI is InChI=1S/C20H19N3O2S/c24-19-18(21-20(26)23(19)17-4-2-1-3-5-17)14-15-6-8-16(9-7-15)22-10-12-25-13-11-22/h1-9,14H,10-13H2,(H,21,26)/b18-14+. The van der Waals surface area contributed by atoms with Crippen LogP contribution in [0.4, 0.5) is 11.4 Å². The lowest BCUT2D eigenvalue weighted by Crippen LogP contribution is -2.36. The van der Waals surface area contributed by atoms with Crippen molar-refractivity contribution in [2.75, 3.05) is 36.1 Å². The zero-order valence-corrected chi connectivity index (χ0v) is 15.0. The molecule has 0 unspecified atom stereocenters. The van der Waals surface area contributed by atoms with Gasteiger partial charge in [-0.2, -0.15) is 0 Å². The summed E-state index contributed by atoms with van der Waals surface area (Å²) in [5.41, 5.74) is 3.37. The summed E-state index contributed by atoms with van der Waals surface area (Å²) < 4.78 is 5.39. The number of anilines is 2. The van der Waals surface area contributed by atoms with E-state index in [1.165, 1.54) is 10.6 Å². The molecule has 2 aromatic carbocycles. The number of carbonyl (C=O) groups is 1. The smallest absolute Gasteiger partial charge is 0.281 e. The fraction of sp³-hybridized carbons (Fsp3) is 0.200. The molecule has 0 aromatic heterocycles. The summed E-state index contributed by atoms with van der Waals surface area (Å²) in [5, 5.41) is 3.42. The van der Waals surface area contributed by atoms with Crippen LogP contribution in [0.25, 0.3) is 6.08 Å². The van der Waals surface area contributed by atoms with Gasteiger partial charge in [-0.05, 0) is 48.1 Å². The van der Waals surface area contributed by atoms with Gasteiger partial charge < -0.3 is 15.0 Å². The molecule has 2 fully saturated rings. The number of hydrogen-bond acceptors (Lipinski definition) is 4. The lowest BCUT2D eigenvalue weighted by Gasteiger charge is -2.28. The minimum absolute atomic E-state index is 0.140. The number of hydrogen-bond donors (Lipinski definition) is 1. The van der Waals surface area contributed by atoms with E-state index in [-0.39, 0.29) is 5.91 Å². The van der Waals surface area contributed by atoms with Gasteiger partial charge in [0.25, 0.3) is 5.91 Å². The van der Waals surface area contributed by atoms with Crippen LogP contribution in [-0.4, -0.2) is 37.3 Å². The van der Waals surface area contributed by atoms with Crippen LogP contribution in [0.1, 0.15) is 5.56 Å². The van der Waals surface area contributed by atoms with Crippen molar-refractivity contribution in [2.45, 2.75) is 0 Å². The number of thiocarbonyl (C=S) groups is 1. The molecule has 0 bridgehead atoms. The van der Waals surface area contributed by atoms with Crippen LogP contribution in [0.2, 0.25) is 0 Å². The van der Waals surface area contributed by atoms with E-state index in [1.807, 2.05) is 48.5 Å². The maximum Gasteiger partial charge on any atom is 0.281 e. The van der Waals surface area contributed by atoms with Gasteiger partial charge in [-0.1, -0.05) is 30.3 Å². The number of carbonyl (C=O) groups excluding carboxylic acids is 1. The van der Waals surface area contributed by atoms with Crippen molar-refractivity contribution >= 4 is 40.7 Å². The van der Waals surface area contributed by atoms with Crippen molar-refractivity contribution in [3.63, 3.8) is 0 Å². The summed E-state index contributed by atoms with van der Waals surface area (Å²) in [7, 11) is 0. The summed E-state index contributed by atoms with van der Waals surface area (Å²) in [6, 6.07) is 17.6. The molecular formula is C20H19N3O2S. The number of amides is 1. The molecule has 0 aliphatic carbocycles. The summed E-state index contributed by atoms with van der Waals surface area (Å²) in [6.45, 7) is 3.33. The second kappa shape index (κ2) is 7.27. The van der Waals surface area contributed by atoms with E-state index in [0.717, 1.165) is 37.6 Å². The maximum absolute atomic E-state index is 12.7. The largest absolute Gasteiger partial charge is 0.378 e. The Bertz CT molecular complexity index is 843. The quantitative estimate of drug-likeness (QED) is 0.669. The van der Waals surface area contributed by atoms with Gasteiger partial charge in [0.15, 0.2) is 5.11 Å². The molecule has 0 atom stereocenters. The number of ether oxygens (including phenoxy) is 1. The van der Waals surface area contributed by atoms with Gasteiger partial charge in [0, 0.05) is 18.8 Å². The molecule has 1 N–H and O–H groups in total. The lowest BCUT2D eigenvalue weighted by atomic mass is 10.1. The molecule has 1 amide bonds. The summed E-state index contributed by atoms with van der Waals surface area (Å²) in [6.07, 6.45) is 1.83. The fourth-order valence-electron chi connectivity index (χ4n) is 3.12. The third kappa shape index (κ3) is 3.34. The highest BCUT2D eigenvalue weighted by molar-refractivity contribution is 7.80. The molecule has 132 valence electrons. The molecule has 2 aromatic rings. The molecule has 2 heterocycles. The molecule has 0 spiro atoms. The fourth-order valence-corrected chi connectivity index (χ4v) is 3.41. The molecule has 0 saturated carbocycles. The van der Waals surface area contributed by atoms with E-state index in [1.54, 1.807) is 0 Å². The molecule has 6 heteroatoms. The Morgan fingerprint density at radius 3 is 2.35 bits per heavy atom. The zero-order valence-electron chi connectivity index (χ0n) is 14.2. The number of morpholine rings is 1. The third-order valence-electron chi connectivity index (χ3n) is 4.47. The highest BCUT2D eigenvalue weighted by Gasteiger charge is 2.31.